The Labute approximate surface area is 93.4 Å². The number of nitrogens with zero attached hydrogens (tertiary/aromatic N) is 2. The van der Waals surface area contributed by atoms with E-state index in [1.807, 2.05) is 6.07 Å². The zero-order valence-electron chi connectivity index (χ0n) is 8.24. The van der Waals surface area contributed by atoms with E-state index < -0.39 is 0 Å². The minimum Gasteiger partial charge on any atom is -0.370 e. The summed E-state index contributed by atoms with van der Waals surface area (Å²) >= 11 is 6.11. The van der Waals surface area contributed by atoms with Crippen LogP contribution in [-0.4, -0.2) is 19.2 Å². The third-order valence-electron chi connectivity index (χ3n) is 2.55. The Balaban J connectivity index is 2.29. The van der Waals surface area contributed by atoms with Crippen LogP contribution in [0.2, 0.25) is 5.02 Å². The van der Waals surface area contributed by atoms with Crippen molar-refractivity contribution in [3.63, 3.8) is 0 Å². The van der Waals surface area contributed by atoms with Crippen molar-refractivity contribution < 1.29 is 4.79 Å². The molecule has 0 radical (unpaired) electrons. The van der Waals surface area contributed by atoms with Crippen molar-refractivity contribution in [1.29, 1.82) is 0 Å². The molecule has 1 aromatic carbocycles. The van der Waals surface area contributed by atoms with Gasteiger partial charge in [0.05, 0.1) is 16.4 Å². The molecule has 0 unspecified atom stereocenters. The minimum atomic E-state index is 0.554. The lowest BCUT2D eigenvalue weighted by molar-refractivity contribution is 0.565. The van der Waals surface area contributed by atoms with Crippen molar-refractivity contribution in [2.45, 2.75) is 12.8 Å². The summed E-state index contributed by atoms with van der Waals surface area (Å²) in [6.45, 7) is 2.10. The number of carbonyl (C=O) groups excluding carboxylic acids is 1. The zero-order valence-corrected chi connectivity index (χ0v) is 9.00. The molecule has 0 N–H and O–H groups in total. The van der Waals surface area contributed by atoms with Crippen molar-refractivity contribution >= 4 is 29.1 Å². The first-order valence-electron chi connectivity index (χ1n) is 4.93. The Bertz CT molecular complexity index is 407. The monoisotopic (exact) mass is 222 g/mol. The van der Waals surface area contributed by atoms with Crippen molar-refractivity contribution in [2.24, 2.45) is 4.99 Å². The molecule has 1 aliphatic heterocycles. The van der Waals surface area contributed by atoms with Gasteiger partial charge in [-0.05, 0) is 31.0 Å². The highest BCUT2D eigenvalue weighted by Crippen LogP contribution is 2.31. The Hall–Kier alpha value is -1.31. The molecule has 1 fully saturated rings. The molecule has 1 heterocycles. The molecule has 4 heteroatoms. The number of benzene rings is 1. The highest BCUT2D eigenvalue weighted by molar-refractivity contribution is 6.33. The van der Waals surface area contributed by atoms with E-state index in [4.69, 9.17) is 11.6 Å². The van der Waals surface area contributed by atoms with Crippen LogP contribution in [0.1, 0.15) is 12.8 Å². The van der Waals surface area contributed by atoms with Gasteiger partial charge < -0.3 is 4.90 Å². The van der Waals surface area contributed by atoms with Crippen LogP contribution in [0.4, 0.5) is 11.4 Å². The van der Waals surface area contributed by atoms with E-state index in [1.54, 1.807) is 12.1 Å². The third-order valence-corrected chi connectivity index (χ3v) is 2.86. The molecule has 0 atom stereocenters. The highest BCUT2D eigenvalue weighted by atomic mass is 35.5. The summed E-state index contributed by atoms with van der Waals surface area (Å²) in [6.07, 6.45) is 3.93. The smallest absolute Gasteiger partial charge is 0.240 e. The largest absolute Gasteiger partial charge is 0.370 e. The Kier molecular flexibility index (Phi) is 3.05. The van der Waals surface area contributed by atoms with E-state index in [2.05, 4.69) is 9.89 Å². The predicted octanol–water partition coefficient (Wildman–Crippen LogP) is 2.91. The minimum absolute atomic E-state index is 0.554. The second-order valence-electron chi connectivity index (χ2n) is 3.53. The summed E-state index contributed by atoms with van der Waals surface area (Å²) in [4.78, 5) is 15.9. The van der Waals surface area contributed by atoms with E-state index in [-0.39, 0.29) is 0 Å². The number of anilines is 1. The van der Waals surface area contributed by atoms with Crippen LogP contribution in [0, 0.1) is 0 Å². The van der Waals surface area contributed by atoms with Crippen LogP contribution in [0.3, 0.4) is 0 Å². The number of hydrogen-bond donors (Lipinski definition) is 0. The van der Waals surface area contributed by atoms with Crippen molar-refractivity contribution in [2.75, 3.05) is 18.0 Å². The summed E-state index contributed by atoms with van der Waals surface area (Å²) in [7, 11) is 0. The van der Waals surface area contributed by atoms with Gasteiger partial charge in [-0.3, -0.25) is 0 Å². The van der Waals surface area contributed by atoms with Gasteiger partial charge in [-0.15, -0.1) is 0 Å². The molecule has 1 saturated heterocycles. The molecule has 3 nitrogen and oxygen atoms in total. The fraction of sp³-hybridized carbons (Fsp3) is 0.364. The van der Waals surface area contributed by atoms with Crippen LogP contribution < -0.4 is 4.90 Å². The van der Waals surface area contributed by atoms with E-state index in [0.29, 0.717) is 10.7 Å². The van der Waals surface area contributed by atoms with Gasteiger partial charge in [-0.1, -0.05) is 11.6 Å². The third kappa shape index (κ3) is 2.20. The van der Waals surface area contributed by atoms with Crippen LogP contribution >= 0.6 is 11.6 Å². The van der Waals surface area contributed by atoms with Gasteiger partial charge in [0.15, 0.2) is 0 Å². The number of halogens is 1. The molecule has 0 saturated carbocycles. The van der Waals surface area contributed by atoms with Gasteiger partial charge in [0.25, 0.3) is 0 Å². The maximum Gasteiger partial charge on any atom is 0.240 e. The molecule has 1 aliphatic rings. The van der Waals surface area contributed by atoms with Crippen LogP contribution in [0.5, 0.6) is 0 Å². The first kappa shape index (κ1) is 10.2. The summed E-state index contributed by atoms with van der Waals surface area (Å²) < 4.78 is 0. The molecule has 2 rings (SSSR count). The quantitative estimate of drug-likeness (QED) is 0.569. The van der Waals surface area contributed by atoms with Gasteiger partial charge in [0.2, 0.25) is 6.08 Å². The SMILES string of the molecule is O=C=Nc1ccc(N2CCCC2)c(Cl)c1. The van der Waals surface area contributed by atoms with Crippen molar-refractivity contribution in [1.82, 2.24) is 0 Å². The van der Waals surface area contributed by atoms with Crippen molar-refractivity contribution in [3.8, 4) is 0 Å². The molecular weight excluding hydrogens is 212 g/mol. The molecular formula is C11H11ClN2O. The number of rotatable bonds is 2. The van der Waals surface area contributed by atoms with Gasteiger partial charge in [-0.2, -0.15) is 4.99 Å². The number of isocyanates is 1. The zero-order chi connectivity index (χ0) is 10.7. The van der Waals surface area contributed by atoms with E-state index in [1.165, 1.54) is 18.9 Å². The summed E-state index contributed by atoms with van der Waals surface area (Å²) in [5.41, 5.74) is 1.58. The molecule has 0 aromatic heterocycles. The fourth-order valence-corrected chi connectivity index (χ4v) is 2.13. The second-order valence-corrected chi connectivity index (χ2v) is 3.94. The molecule has 0 bridgehead atoms. The lowest BCUT2D eigenvalue weighted by Crippen LogP contribution is -2.17. The summed E-state index contributed by atoms with van der Waals surface area (Å²) in [5, 5.41) is 0.647. The topological polar surface area (TPSA) is 32.7 Å². The standard InChI is InChI=1S/C11H11ClN2O/c12-10-7-9(13-8-15)3-4-11(10)14-5-1-2-6-14/h3-4,7H,1-2,5-6H2. The molecule has 15 heavy (non-hydrogen) atoms. The van der Waals surface area contributed by atoms with Crippen molar-refractivity contribution in [3.05, 3.63) is 23.2 Å². The van der Waals surface area contributed by atoms with Crippen LogP contribution in [0.25, 0.3) is 0 Å². The number of hydrogen-bond acceptors (Lipinski definition) is 3. The normalized spacial score (nSPS) is 15.1. The van der Waals surface area contributed by atoms with Crippen LogP contribution in [0.15, 0.2) is 23.2 Å². The van der Waals surface area contributed by atoms with E-state index in [0.717, 1.165) is 18.8 Å². The molecule has 1 aromatic rings. The maximum absolute atomic E-state index is 10.1. The first-order chi connectivity index (χ1) is 7.31. The Morgan fingerprint density at radius 2 is 2.07 bits per heavy atom. The fourth-order valence-electron chi connectivity index (χ4n) is 1.83. The van der Waals surface area contributed by atoms with Gasteiger partial charge in [-0.25, -0.2) is 4.79 Å². The highest BCUT2D eigenvalue weighted by Gasteiger charge is 2.14. The lowest BCUT2D eigenvalue weighted by Gasteiger charge is -2.18. The lowest BCUT2D eigenvalue weighted by atomic mass is 10.2. The van der Waals surface area contributed by atoms with Gasteiger partial charge in [0, 0.05) is 13.1 Å². The van der Waals surface area contributed by atoms with E-state index >= 15 is 0 Å². The Morgan fingerprint density at radius 3 is 2.67 bits per heavy atom. The van der Waals surface area contributed by atoms with Gasteiger partial charge in [0.1, 0.15) is 0 Å². The first-order valence-corrected chi connectivity index (χ1v) is 5.31. The predicted molar refractivity (Wildman–Crippen MR) is 60.7 cm³/mol. The average Bonchev–Trinajstić information content (AvgIpc) is 2.71. The molecule has 0 aliphatic carbocycles. The molecule has 78 valence electrons. The van der Waals surface area contributed by atoms with Gasteiger partial charge >= 0.3 is 0 Å². The second kappa shape index (κ2) is 4.47. The molecule has 0 amide bonds. The Morgan fingerprint density at radius 1 is 1.33 bits per heavy atom. The molecule has 0 spiro atoms. The summed E-state index contributed by atoms with van der Waals surface area (Å²) in [6, 6.07) is 5.38. The maximum atomic E-state index is 10.1. The average molecular weight is 223 g/mol. The number of aliphatic imine (C=N–C) groups is 1. The van der Waals surface area contributed by atoms with Crippen LogP contribution in [-0.2, 0) is 4.79 Å². The summed E-state index contributed by atoms with van der Waals surface area (Å²) in [5.74, 6) is 0. The van der Waals surface area contributed by atoms with E-state index in [9.17, 15) is 4.79 Å².